The first-order chi connectivity index (χ1) is 25.9. The fourth-order valence-electron chi connectivity index (χ4n) is 6.22. The summed E-state index contributed by atoms with van der Waals surface area (Å²) in [6.45, 7) is 12.4. The van der Waals surface area contributed by atoms with Crippen LogP contribution in [0.4, 0.5) is 15.3 Å². The van der Waals surface area contributed by atoms with Crippen LogP contribution in [0.1, 0.15) is 66.4 Å². The summed E-state index contributed by atoms with van der Waals surface area (Å²) < 4.78 is 34.0. The second-order valence-corrected chi connectivity index (χ2v) is 16.2. The fourth-order valence-corrected chi connectivity index (χ4v) is 6.78. The number of anilines is 1. The molecule has 0 aliphatic carbocycles. The molecule has 4 rings (SSSR count). The van der Waals surface area contributed by atoms with E-state index in [9.17, 15) is 14.4 Å². The van der Waals surface area contributed by atoms with E-state index in [0.717, 1.165) is 16.9 Å². The van der Waals surface area contributed by atoms with Crippen LogP contribution in [0.25, 0.3) is 0 Å². The van der Waals surface area contributed by atoms with Crippen molar-refractivity contribution in [1.29, 1.82) is 0 Å². The first kappa shape index (κ1) is 43.5. The molecule has 1 unspecified atom stereocenters. The predicted octanol–water partition coefficient (Wildman–Crippen LogP) is 6.96. The Balaban J connectivity index is 1.66. The van der Waals surface area contributed by atoms with E-state index in [1.165, 1.54) is 7.11 Å². The minimum atomic E-state index is -0.858. The Hall–Kier alpha value is -4.18. The highest BCUT2D eigenvalue weighted by molar-refractivity contribution is 7.81. The molecule has 1 aromatic carbocycles. The predicted molar refractivity (Wildman–Crippen MR) is 212 cm³/mol. The van der Waals surface area contributed by atoms with E-state index in [-0.39, 0.29) is 35.7 Å². The Labute approximate surface area is 334 Å². The van der Waals surface area contributed by atoms with Crippen LogP contribution < -0.4 is 20.1 Å². The van der Waals surface area contributed by atoms with Gasteiger partial charge in [-0.3, -0.25) is 9.78 Å². The molecule has 0 radical (unpaired) electrons. The number of ether oxygens (including phenoxy) is 6. The molecule has 2 aromatic rings. The van der Waals surface area contributed by atoms with Crippen molar-refractivity contribution in [3.8, 4) is 11.5 Å². The summed E-state index contributed by atoms with van der Waals surface area (Å²) in [5.74, 6) is -0.0850. The number of nitrogens with zero attached hydrogens (tertiary/aromatic N) is 3. The lowest BCUT2D eigenvalue weighted by molar-refractivity contribution is -0.127. The maximum absolute atomic E-state index is 14.4. The Morgan fingerprint density at radius 2 is 1.71 bits per heavy atom. The van der Waals surface area contributed by atoms with Crippen molar-refractivity contribution < 1.29 is 42.8 Å². The van der Waals surface area contributed by atoms with Gasteiger partial charge in [0.1, 0.15) is 21.9 Å². The van der Waals surface area contributed by atoms with Crippen molar-refractivity contribution in [2.24, 2.45) is 11.8 Å². The summed E-state index contributed by atoms with van der Waals surface area (Å²) in [4.78, 5) is 47.7. The second kappa shape index (κ2) is 19.1. The third-order valence-corrected chi connectivity index (χ3v) is 9.43. The average Bonchev–Trinajstić information content (AvgIpc) is 3.59. The first-order valence-corrected chi connectivity index (χ1v) is 19.0. The Kier molecular flexibility index (Phi) is 15.1. The Morgan fingerprint density at radius 3 is 2.36 bits per heavy atom. The van der Waals surface area contributed by atoms with E-state index in [0.29, 0.717) is 60.4 Å². The molecule has 2 aliphatic rings. The van der Waals surface area contributed by atoms with Crippen LogP contribution in [0.5, 0.6) is 11.5 Å². The van der Waals surface area contributed by atoms with Crippen molar-refractivity contribution in [3.63, 3.8) is 0 Å². The summed E-state index contributed by atoms with van der Waals surface area (Å²) in [6.07, 6.45) is 3.30. The molecule has 302 valence electrons. The normalized spacial score (nSPS) is 17.7. The van der Waals surface area contributed by atoms with Gasteiger partial charge in [0, 0.05) is 69.7 Å². The SMILES string of the molecule is COc1c(Cl)cccc1NC(=S)C1=C(NCc2ccncc2OC[C@@H]2CCN(C(=O)OC(C)(C)C)C2)C(CCC(OC)OC)CN(C(=O)OC(C)(C)C)C1=O. The molecule has 0 saturated carbocycles. The molecule has 16 heteroatoms. The van der Waals surface area contributed by atoms with Crippen molar-refractivity contribution >= 4 is 52.6 Å². The monoisotopic (exact) mass is 803 g/mol. The lowest BCUT2D eigenvalue weighted by atomic mass is 9.90. The van der Waals surface area contributed by atoms with Crippen molar-refractivity contribution in [2.75, 3.05) is 52.9 Å². The summed E-state index contributed by atoms with van der Waals surface area (Å²) >= 11 is 12.3. The van der Waals surface area contributed by atoms with Gasteiger partial charge in [0.25, 0.3) is 5.91 Å². The summed E-state index contributed by atoms with van der Waals surface area (Å²) in [5.41, 5.74) is 0.365. The largest absolute Gasteiger partial charge is 0.493 e. The lowest BCUT2D eigenvalue weighted by Gasteiger charge is -2.37. The number of rotatable bonds is 14. The summed E-state index contributed by atoms with van der Waals surface area (Å²) in [6, 6.07) is 6.95. The minimum Gasteiger partial charge on any atom is -0.493 e. The number of carbonyl (C=O) groups is 3. The number of hydrogen-bond acceptors (Lipinski definition) is 12. The fraction of sp³-hybridized carbons (Fsp3) is 0.564. The van der Waals surface area contributed by atoms with Crippen LogP contribution in [0.2, 0.25) is 5.02 Å². The molecule has 3 heterocycles. The van der Waals surface area contributed by atoms with Crippen molar-refractivity contribution in [3.05, 3.63) is 58.5 Å². The van der Waals surface area contributed by atoms with Gasteiger partial charge in [0.05, 0.1) is 36.2 Å². The molecule has 55 heavy (non-hydrogen) atoms. The third-order valence-electron chi connectivity index (χ3n) is 8.83. The minimum absolute atomic E-state index is 0.0123. The number of nitrogens with one attached hydrogen (secondary N) is 2. The molecule has 14 nitrogen and oxygen atoms in total. The standard InChI is InChI=1S/C39H54ClN5O9S/c1-38(2,3)53-36(47)44-18-16-24(21-44)23-52-29-20-41-17-15-25(29)19-42-32-26(13-14-30(49-7)50-8)22-45(37(48)54-39(4,5)6)35(46)31(32)34(55)43-28-12-10-11-27(40)33(28)51-9/h10-12,15,17,20,24,26,30,42H,13-14,16,18-19,21-23H2,1-9H3,(H,43,55)/t24-,26?/m1/s1. The third kappa shape index (κ3) is 12.2. The van der Waals surface area contributed by atoms with Crippen LogP contribution in [0, 0.1) is 11.8 Å². The highest BCUT2D eigenvalue weighted by Gasteiger charge is 2.41. The highest BCUT2D eigenvalue weighted by Crippen LogP contribution is 2.35. The number of para-hydroxylation sites is 1. The molecule has 0 spiro atoms. The smallest absolute Gasteiger partial charge is 0.417 e. The van der Waals surface area contributed by atoms with Crippen LogP contribution in [-0.2, 0) is 30.3 Å². The van der Waals surface area contributed by atoms with Crippen LogP contribution >= 0.6 is 23.8 Å². The van der Waals surface area contributed by atoms with Gasteiger partial charge >= 0.3 is 12.2 Å². The molecule has 0 bridgehead atoms. The van der Waals surface area contributed by atoms with E-state index in [1.54, 1.807) is 70.5 Å². The molecule has 1 aromatic heterocycles. The molecule has 2 N–H and O–H groups in total. The van der Waals surface area contributed by atoms with E-state index >= 15 is 0 Å². The quantitative estimate of drug-likeness (QED) is 0.150. The number of carbonyl (C=O) groups excluding carboxylic acids is 3. The number of amides is 3. The number of halogens is 1. The number of imide groups is 1. The van der Waals surface area contributed by atoms with Gasteiger partial charge in [-0.2, -0.15) is 0 Å². The van der Waals surface area contributed by atoms with Gasteiger partial charge in [0.15, 0.2) is 12.0 Å². The zero-order valence-corrected chi connectivity index (χ0v) is 34.7. The maximum Gasteiger partial charge on any atom is 0.417 e. The van der Waals surface area contributed by atoms with Gasteiger partial charge < -0.3 is 44.0 Å². The molecular formula is C39H54ClN5O9S. The molecule has 3 amide bonds. The number of methoxy groups -OCH3 is 3. The Bertz CT molecular complexity index is 1720. The Morgan fingerprint density at radius 1 is 1.02 bits per heavy atom. The highest BCUT2D eigenvalue weighted by atomic mass is 35.5. The van der Waals surface area contributed by atoms with E-state index in [2.05, 4.69) is 15.6 Å². The van der Waals surface area contributed by atoms with E-state index in [4.69, 9.17) is 52.2 Å². The zero-order valence-electron chi connectivity index (χ0n) is 33.2. The number of likely N-dealkylation sites (tertiary alicyclic amines) is 1. The van der Waals surface area contributed by atoms with Gasteiger partial charge in [-0.25, -0.2) is 14.5 Å². The van der Waals surface area contributed by atoms with E-state index < -0.39 is 35.4 Å². The van der Waals surface area contributed by atoms with Crippen LogP contribution in [-0.4, -0.2) is 103 Å². The van der Waals surface area contributed by atoms with Crippen molar-refractivity contribution in [1.82, 2.24) is 20.1 Å². The van der Waals surface area contributed by atoms with Gasteiger partial charge in [-0.1, -0.05) is 29.9 Å². The topological polar surface area (TPSA) is 150 Å². The number of aromatic nitrogens is 1. The molecule has 2 atom stereocenters. The average molecular weight is 804 g/mol. The van der Waals surface area contributed by atoms with Crippen molar-refractivity contribution in [2.45, 2.75) is 84.8 Å². The maximum atomic E-state index is 14.4. The molecule has 1 saturated heterocycles. The number of pyridine rings is 1. The first-order valence-electron chi connectivity index (χ1n) is 18.2. The lowest BCUT2D eigenvalue weighted by Crippen LogP contribution is -2.51. The zero-order chi connectivity index (χ0) is 40.5. The summed E-state index contributed by atoms with van der Waals surface area (Å²) in [5, 5.41) is 6.97. The molecule has 1 fully saturated rings. The second-order valence-electron chi connectivity index (χ2n) is 15.4. The van der Waals surface area contributed by atoms with Crippen LogP contribution in [0.15, 0.2) is 47.9 Å². The van der Waals surface area contributed by atoms with Crippen LogP contribution in [0.3, 0.4) is 0 Å². The van der Waals surface area contributed by atoms with Gasteiger partial charge in [0.2, 0.25) is 0 Å². The van der Waals surface area contributed by atoms with Gasteiger partial charge in [-0.05, 0) is 79.0 Å². The number of hydrogen-bond donors (Lipinski definition) is 2. The number of thiocarbonyl (C=S) groups is 1. The molecular weight excluding hydrogens is 750 g/mol. The van der Waals surface area contributed by atoms with Gasteiger partial charge in [-0.15, -0.1) is 0 Å². The number of benzene rings is 1. The molecule has 2 aliphatic heterocycles. The summed E-state index contributed by atoms with van der Waals surface area (Å²) in [7, 11) is 4.58. The van der Waals surface area contributed by atoms with E-state index in [1.807, 2.05) is 26.8 Å².